The number of ether oxygens (including phenoxy) is 5. The summed E-state index contributed by atoms with van der Waals surface area (Å²) in [5.41, 5.74) is 7.23. The van der Waals surface area contributed by atoms with Gasteiger partial charge in [0, 0.05) is 110 Å². The predicted octanol–water partition coefficient (Wildman–Crippen LogP) is 2.98. The van der Waals surface area contributed by atoms with Gasteiger partial charge in [0.05, 0.1) is 96.7 Å². The van der Waals surface area contributed by atoms with Gasteiger partial charge in [0.25, 0.3) is 17.7 Å². The van der Waals surface area contributed by atoms with Crippen LogP contribution in [0.1, 0.15) is 225 Å². The van der Waals surface area contributed by atoms with Gasteiger partial charge in [-0.2, -0.15) is 40.5 Å². The number of Topliss-reactive ketones (excluding diaryl/α,β-unsaturated/α-hetero) is 5. The fraction of sp³-hybridized carbons (Fsp3) is 0.777. The molecule has 47 heteroatoms. The molecule has 16 amide bonds. The number of piperazine rings is 5. The number of primary amides is 3. The third-order valence-corrected chi connectivity index (χ3v) is 24.9. The highest BCUT2D eigenvalue weighted by molar-refractivity contribution is 7.59. The lowest BCUT2D eigenvalue weighted by atomic mass is 9.80. The quantitative estimate of drug-likeness (QED) is 0.0977. The minimum absolute atomic E-state index is 0. The van der Waals surface area contributed by atoms with E-state index in [1.807, 2.05) is 32.7 Å². The zero-order valence-corrected chi connectivity index (χ0v) is 91.0. The van der Waals surface area contributed by atoms with Crippen LogP contribution in [0.25, 0.3) is 0 Å². The molecule has 0 aromatic heterocycles. The first-order valence-corrected chi connectivity index (χ1v) is 47.3. The van der Waals surface area contributed by atoms with E-state index in [2.05, 4.69) is 18.7 Å². The molecular weight excluding hydrogens is 1890 g/mol. The fourth-order valence-electron chi connectivity index (χ4n) is 18.5. The second kappa shape index (κ2) is 48.9. The molecule has 8 atom stereocenters. The average molecular weight is 2050 g/mol. The summed E-state index contributed by atoms with van der Waals surface area (Å²) >= 11 is 0. The van der Waals surface area contributed by atoms with Crippen molar-refractivity contribution in [2.75, 3.05) is 158 Å². The van der Waals surface area contributed by atoms with Gasteiger partial charge >= 0.3 is 30.5 Å². The minimum atomic E-state index is -1.24. The summed E-state index contributed by atoms with van der Waals surface area (Å²) in [4.78, 5) is 281. The molecule has 0 aliphatic carbocycles. The highest BCUT2D eigenvalue weighted by Gasteiger charge is 2.67. The van der Waals surface area contributed by atoms with Crippen LogP contribution in [0.2, 0.25) is 0 Å². The molecule has 0 aromatic carbocycles. The summed E-state index contributed by atoms with van der Waals surface area (Å²) in [5.74, 6) is -4.58. The van der Waals surface area contributed by atoms with Crippen molar-refractivity contribution < 1.29 is 124 Å². The molecule has 0 aromatic rings. The summed E-state index contributed by atoms with van der Waals surface area (Å²) in [6.07, 6.45) is -1.97. The topological polar surface area (TPSA) is 531 Å². The van der Waals surface area contributed by atoms with E-state index in [1.165, 1.54) is 85.6 Å². The van der Waals surface area contributed by atoms with Crippen molar-refractivity contribution in [2.45, 2.75) is 299 Å². The molecule has 10 fully saturated rings. The number of likely N-dealkylation sites (N-methyl/N-ethyl adjacent to an activating group) is 1. The molecule has 6 N–H and O–H groups in total. The normalized spacial score (nSPS) is 23.0. The smallest absolute Gasteiger partial charge is 0.410 e. The Labute approximate surface area is 850 Å². The molecule has 10 rings (SSSR count). The van der Waals surface area contributed by atoms with Crippen molar-refractivity contribution in [3.63, 3.8) is 0 Å². The molecule has 5 unspecified atom stereocenters. The molecule has 5 spiro atoms. The summed E-state index contributed by atoms with van der Waals surface area (Å²) in [6, 6.07) is -2.24. The molecule has 10 saturated heterocycles. The Bertz CT molecular complexity index is 4660. The zero-order chi connectivity index (χ0) is 105. The SMILES string of the molecule is CC(=O)CN1CC2(CN(C(=O)OC(C)(C)C)CCN2C(=O)C(C)C)C1=O.CC(=O)CN1CC2(CN(C(=O)OC(C)(C)C)CCN2CC(C)C)C1=O.CC(=O)[C@H](CCC(N)=O)N1CC2(CN(C(=O)OC(C)(C)C)CCN2C(=O)C(C)C)C1=O.CC(=O)[C@H](CCC(N)=O)N1CC2(CN(C(=O)OC(C)(C)C)CCN2C(C)=O)C1=O.CC(=O)[C@H](CCC(N)=O)N1CC2(CN(C(=O)OC(C)(C)C)CCN2C)C1=O.S.S.S. The van der Waals surface area contributed by atoms with Crippen LogP contribution in [0.15, 0.2) is 0 Å². The zero-order valence-electron chi connectivity index (χ0n) is 88.0. The molecule has 10 aliphatic rings. The Morgan fingerprint density at radius 1 is 0.319 bits per heavy atom. The summed E-state index contributed by atoms with van der Waals surface area (Å²) in [7, 11) is 1.84. The highest BCUT2D eigenvalue weighted by Crippen LogP contribution is 2.43. The van der Waals surface area contributed by atoms with Crippen LogP contribution < -0.4 is 17.2 Å². The second-order valence-electron chi connectivity index (χ2n) is 43.8. The van der Waals surface area contributed by atoms with Crippen LogP contribution in [0.3, 0.4) is 0 Å². The van der Waals surface area contributed by atoms with E-state index < -0.39 is 128 Å². The molecule has 0 saturated carbocycles. The Morgan fingerprint density at radius 3 is 0.801 bits per heavy atom. The Morgan fingerprint density at radius 2 is 0.560 bits per heavy atom. The molecule has 10 heterocycles. The van der Waals surface area contributed by atoms with Gasteiger partial charge in [0.2, 0.25) is 47.3 Å². The van der Waals surface area contributed by atoms with Crippen molar-refractivity contribution in [1.29, 1.82) is 0 Å². The molecule has 800 valence electrons. The van der Waals surface area contributed by atoms with Crippen LogP contribution in [0, 0.1) is 17.8 Å². The van der Waals surface area contributed by atoms with Gasteiger partial charge in [0.1, 0.15) is 50.6 Å². The van der Waals surface area contributed by atoms with Crippen LogP contribution >= 0.6 is 40.5 Å². The summed E-state index contributed by atoms with van der Waals surface area (Å²) < 4.78 is 27.2. The lowest BCUT2D eigenvalue weighted by Gasteiger charge is -2.59. The maximum Gasteiger partial charge on any atom is 0.410 e. The third-order valence-electron chi connectivity index (χ3n) is 24.9. The van der Waals surface area contributed by atoms with E-state index in [9.17, 15) is 101 Å². The maximum absolute atomic E-state index is 13.4. The van der Waals surface area contributed by atoms with E-state index >= 15 is 0 Å². The molecule has 44 nitrogen and oxygen atoms in total. The number of hydrogen-bond acceptors (Lipinski definition) is 28. The van der Waals surface area contributed by atoms with Crippen molar-refractivity contribution in [1.82, 2.24) is 73.5 Å². The number of nitrogens with zero attached hydrogens (tertiary/aromatic N) is 15. The van der Waals surface area contributed by atoms with Gasteiger partial charge in [-0.15, -0.1) is 0 Å². The summed E-state index contributed by atoms with van der Waals surface area (Å²) in [5, 5.41) is 0. The Hall–Kier alpha value is -10.2. The van der Waals surface area contributed by atoms with E-state index in [4.69, 9.17) is 40.9 Å². The van der Waals surface area contributed by atoms with Gasteiger partial charge in [-0.3, -0.25) is 86.5 Å². The number of ketones is 5. The van der Waals surface area contributed by atoms with Crippen molar-refractivity contribution in [3.05, 3.63) is 0 Å². The largest absolute Gasteiger partial charge is 0.444 e. The van der Waals surface area contributed by atoms with Gasteiger partial charge in [-0.25, -0.2) is 24.0 Å². The molecule has 141 heavy (non-hydrogen) atoms. The van der Waals surface area contributed by atoms with E-state index in [1.54, 1.807) is 130 Å². The van der Waals surface area contributed by atoms with Crippen molar-refractivity contribution in [3.8, 4) is 0 Å². The van der Waals surface area contributed by atoms with Gasteiger partial charge < -0.3 is 105 Å². The van der Waals surface area contributed by atoms with Crippen molar-refractivity contribution >= 4 is 165 Å². The number of β-lactam (4-membered cyclic amide) rings is 5. The highest BCUT2D eigenvalue weighted by atomic mass is 32.1. The first kappa shape index (κ1) is 125. The van der Waals surface area contributed by atoms with Crippen LogP contribution in [-0.4, -0.2) is 429 Å². The van der Waals surface area contributed by atoms with Crippen LogP contribution in [0.4, 0.5) is 24.0 Å². The molecule has 10 aliphatic heterocycles. The first-order valence-electron chi connectivity index (χ1n) is 47.3. The fourth-order valence-corrected chi connectivity index (χ4v) is 18.5. The second-order valence-corrected chi connectivity index (χ2v) is 43.8. The minimum Gasteiger partial charge on any atom is -0.444 e. The summed E-state index contributed by atoms with van der Waals surface area (Å²) in [6.45, 7) is 52.9. The average Bonchev–Trinajstić information content (AvgIpc) is 0.699. The standard InChI is InChI=1S/C21H34N4O6.C19H30N4O6.C18H30N4O5.C18H29N3O5.C18H31N3O4.3H2S/c1-13(2)17(28)25-10-9-23(19(30)31-20(4,5)6)11-21(25)12-24(18(21)29)15(14(3)26)7-8-16(22)27;1-12(24)14(6-7-15(20)26)22-11-19(16(22)27)10-21(8-9-23(19)13(2)25)17(28)29-18(3,4)5;1-12(23)13(6-7-14(19)24)22-11-18(15(22)25)10-21(9-8-20(18)5)16(26)27-17(2,3)4;1-12(2)14(23)21-8-7-19(16(25)26-17(4,5)6)10-18(21)11-20(15(18)24)9-13(3)22;1-13(2)9-21-8-7-19(16(24)25-17(4,5)6)11-18(21)12-20(15(18)23)10-14(3)22;;;/h13,15H,7-12H2,1-6H3,(H2,22,27);14H,6-11H2,1-5H3,(H2,20,26);13H,6-11H2,1-5H3,(H2,19,24);12H,7-11H2,1-6H3;13H,7-12H2,1-6H3;3*1H2/t15-,21?;14-,19?;13-,18?;;;;;/m000...../s1. The molecule has 0 radical (unpaired) electrons. The lowest BCUT2D eigenvalue weighted by Crippen LogP contribution is -2.83. The molecule has 0 bridgehead atoms. The predicted molar refractivity (Wildman–Crippen MR) is 532 cm³/mol. The van der Waals surface area contributed by atoms with Gasteiger partial charge in [0.15, 0.2) is 34.0 Å². The van der Waals surface area contributed by atoms with Crippen LogP contribution in [0.5, 0.6) is 0 Å². The lowest BCUT2D eigenvalue weighted by molar-refractivity contribution is -0.184. The van der Waals surface area contributed by atoms with E-state index in [0.717, 1.165) is 6.54 Å². The number of likely N-dealkylation sites (tertiary alicyclic amines) is 5. The maximum atomic E-state index is 13.4. The van der Waals surface area contributed by atoms with Crippen molar-refractivity contribution in [2.24, 2.45) is 35.0 Å². The van der Waals surface area contributed by atoms with E-state index in [-0.39, 0.29) is 253 Å². The monoisotopic (exact) mass is 2050 g/mol. The number of carbonyl (C=O) groups is 21. The Balaban J connectivity index is 0.000000452. The van der Waals surface area contributed by atoms with Gasteiger partial charge in [-0.05, 0) is 171 Å². The number of rotatable bonds is 23. The van der Waals surface area contributed by atoms with Gasteiger partial charge in [-0.1, -0.05) is 41.5 Å². The first-order chi connectivity index (χ1) is 63.2. The number of carbonyl (C=O) groups excluding carboxylic acids is 21. The Kier molecular flexibility index (Phi) is 43.4. The van der Waals surface area contributed by atoms with E-state index in [0.29, 0.717) is 58.3 Å². The number of amides is 16. The number of nitrogens with two attached hydrogens (primary N) is 3. The molecular formula is C94H160N18O26S3. The number of hydrogen-bond donors (Lipinski definition) is 3. The third kappa shape index (κ3) is 31.2. The van der Waals surface area contributed by atoms with Crippen LogP contribution in [-0.2, 0) is 100 Å².